The SMILES string of the molecule is CCCC[Si](C)(C1=[C]([Ti+3])CC=C1c1ccccc1)c1c(C)cc(C)cc1C.[Cl-].[Cl-].[Cl-]. The van der Waals surface area contributed by atoms with E-state index >= 15 is 0 Å². The van der Waals surface area contributed by atoms with Gasteiger partial charge in [0.15, 0.2) is 0 Å². The first-order chi connectivity index (χ1) is 12.9. The van der Waals surface area contributed by atoms with E-state index in [2.05, 4.69) is 103 Å². The van der Waals surface area contributed by atoms with Gasteiger partial charge in [-0.1, -0.05) is 0 Å². The van der Waals surface area contributed by atoms with Gasteiger partial charge in [-0.3, -0.25) is 0 Å². The third kappa shape index (κ3) is 5.94. The Balaban J connectivity index is 0.00000280. The predicted octanol–water partition coefficient (Wildman–Crippen LogP) is -2.46. The molecule has 0 radical (unpaired) electrons. The molecule has 1 unspecified atom stereocenters. The van der Waals surface area contributed by atoms with E-state index in [9.17, 15) is 0 Å². The van der Waals surface area contributed by atoms with Crippen LogP contribution in [0.4, 0.5) is 0 Å². The topological polar surface area (TPSA) is 0 Å². The summed E-state index contributed by atoms with van der Waals surface area (Å²) in [5.41, 5.74) is 7.28. The summed E-state index contributed by atoms with van der Waals surface area (Å²) < 4.78 is 1.60. The second-order valence-corrected chi connectivity index (χ2v) is 13.4. The van der Waals surface area contributed by atoms with Crippen molar-refractivity contribution < 1.29 is 57.7 Å². The molecule has 0 fully saturated rings. The third-order valence-electron chi connectivity index (χ3n) is 5.98. The first-order valence-corrected chi connectivity index (χ1v) is 13.7. The Hall–Kier alpha value is -0.279. The van der Waals surface area contributed by atoms with Gasteiger partial charge in [0.05, 0.1) is 0 Å². The number of hydrogen-bond acceptors (Lipinski definition) is 0. The van der Waals surface area contributed by atoms with Crippen LogP contribution in [0.1, 0.15) is 48.4 Å². The summed E-state index contributed by atoms with van der Waals surface area (Å²) in [6, 6.07) is 17.2. The van der Waals surface area contributed by atoms with E-state index in [0.29, 0.717) is 0 Å². The van der Waals surface area contributed by atoms with Gasteiger partial charge in [0.2, 0.25) is 0 Å². The number of halogens is 3. The van der Waals surface area contributed by atoms with Crippen LogP contribution in [0.3, 0.4) is 0 Å². The van der Waals surface area contributed by atoms with Crippen LogP contribution in [0, 0.1) is 20.8 Å². The van der Waals surface area contributed by atoms with Gasteiger partial charge in [-0.25, -0.2) is 0 Å². The molecule has 3 rings (SSSR count). The summed E-state index contributed by atoms with van der Waals surface area (Å²) in [6.45, 7) is 11.9. The maximum Gasteiger partial charge on any atom is -1.00 e. The van der Waals surface area contributed by atoms with Crippen LogP contribution in [-0.4, -0.2) is 8.07 Å². The van der Waals surface area contributed by atoms with Gasteiger partial charge >= 0.3 is 179 Å². The predicted molar refractivity (Wildman–Crippen MR) is 118 cm³/mol. The zero-order valence-electron chi connectivity index (χ0n) is 18.6. The van der Waals surface area contributed by atoms with Crippen molar-refractivity contribution in [1.82, 2.24) is 0 Å². The standard InChI is InChI=1S/C25H31Si.3ClH.Ti/c1-6-7-16-26(5,25-20(3)17-19(2)18-21(25)4)24-15-11-14-23(24)22-12-9-8-10-13-22;;;;/h8-10,12-14,17-18H,6-7,11,16H2,1-5H3;3*1H;/q;;;;+3/p-3. The molecular formula is C25H31Cl3SiTi. The first-order valence-electron chi connectivity index (χ1n) is 10.2. The van der Waals surface area contributed by atoms with Gasteiger partial charge in [-0.05, 0) is 0 Å². The minimum absolute atomic E-state index is 0. The Kier molecular flexibility index (Phi) is 12.6. The normalized spacial score (nSPS) is 14.8. The fourth-order valence-corrected chi connectivity index (χ4v) is 12.0. The zero-order valence-corrected chi connectivity index (χ0v) is 23.4. The van der Waals surface area contributed by atoms with Gasteiger partial charge in [-0.2, -0.15) is 0 Å². The van der Waals surface area contributed by atoms with Gasteiger partial charge in [-0.15, -0.1) is 0 Å². The van der Waals surface area contributed by atoms with Crippen molar-refractivity contribution in [3.05, 3.63) is 79.9 Å². The van der Waals surface area contributed by atoms with E-state index in [1.165, 1.54) is 46.7 Å². The minimum atomic E-state index is -1.82. The average molecular weight is 514 g/mol. The fourth-order valence-electron chi connectivity index (χ4n) is 5.04. The summed E-state index contributed by atoms with van der Waals surface area (Å²) >= 11 is 2.37. The molecule has 0 aliphatic heterocycles. The van der Waals surface area contributed by atoms with Gasteiger partial charge < -0.3 is 37.2 Å². The Morgan fingerprint density at radius 2 is 1.50 bits per heavy atom. The molecule has 0 amide bonds. The molecule has 0 bridgehead atoms. The summed E-state index contributed by atoms with van der Waals surface area (Å²) in [7, 11) is -1.82. The molecule has 2 aromatic rings. The second kappa shape index (κ2) is 12.7. The van der Waals surface area contributed by atoms with Crippen LogP contribution < -0.4 is 42.4 Å². The van der Waals surface area contributed by atoms with Crippen LogP contribution >= 0.6 is 0 Å². The molecule has 160 valence electrons. The van der Waals surface area contributed by atoms with Gasteiger partial charge in [0, 0.05) is 0 Å². The van der Waals surface area contributed by atoms with Crippen molar-refractivity contribution in [2.75, 3.05) is 0 Å². The molecule has 5 heteroatoms. The Labute approximate surface area is 214 Å². The van der Waals surface area contributed by atoms with E-state index in [4.69, 9.17) is 0 Å². The molecule has 1 aliphatic rings. The summed E-state index contributed by atoms with van der Waals surface area (Å²) in [5, 5.41) is 3.39. The van der Waals surface area contributed by atoms with Crippen LogP contribution in [-0.2, 0) is 20.4 Å². The van der Waals surface area contributed by atoms with E-state index < -0.39 is 8.07 Å². The largest absolute Gasteiger partial charge is 1.00 e. The molecule has 0 spiro atoms. The van der Waals surface area contributed by atoms with Crippen molar-refractivity contribution >= 4 is 18.8 Å². The molecule has 2 aromatic carbocycles. The summed E-state index contributed by atoms with van der Waals surface area (Å²) in [4.78, 5) is 0. The maximum absolute atomic E-state index is 2.63. The third-order valence-corrected chi connectivity index (χ3v) is 12.0. The van der Waals surface area contributed by atoms with Crippen LogP contribution in [0.25, 0.3) is 5.57 Å². The van der Waals surface area contributed by atoms with Gasteiger partial charge in [0.25, 0.3) is 0 Å². The van der Waals surface area contributed by atoms with E-state index in [1.54, 1.807) is 14.3 Å². The fraction of sp³-hybridized carbons (Fsp3) is 0.360. The summed E-state index contributed by atoms with van der Waals surface area (Å²) in [6.07, 6.45) is 6.17. The van der Waals surface area contributed by atoms with Crippen molar-refractivity contribution in [3.8, 4) is 0 Å². The molecule has 0 saturated heterocycles. The first kappa shape index (κ1) is 29.7. The zero-order chi connectivity index (χ0) is 19.6. The number of benzene rings is 2. The number of aryl methyl sites for hydroxylation is 3. The van der Waals surface area contributed by atoms with E-state index in [0.717, 1.165) is 6.42 Å². The number of rotatable bonds is 6. The van der Waals surface area contributed by atoms with Gasteiger partial charge in [0.1, 0.15) is 0 Å². The van der Waals surface area contributed by atoms with E-state index in [1.807, 2.05) is 0 Å². The van der Waals surface area contributed by atoms with Crippen molar-refractivity contribution in [1.29, 1.82) is 0 Å². The molecule has 30 heavy (non-hydrogen) atoms. The summed E-state index contributed by atoms with van der Waals surface area (Å²) in [5.74, 6) is 0. The molecule has 0 saturated carbocycles. The smallest absolute Gasteiger partial charge is 1.00 e. The quantitative estimate of drug-likeness (QED) is 0.376. The Morgan fingerprint density at radius 1 is 0.933 bits per heavy atom. The minimum Gasteiger partial charge on any atom is -1.00 e. The number of hydrogen-bond donors (Lipinski definition) is 0. The molecule has 0 aromatic heterocycles. The number of allylic oxidation sites excluding steroid dienone is 4. The monoisotopic (exact) mass is 512 g/mol. The molecule has 1 atom stereocenters. The van der Waals surface area contributed by atoms with Crippen LogP contribution in [0.15, 0.2) is 57.6 Å². The Morgan fingerprint density at radius 3 is 2.03 bits per heavy atom. The van der Waals surface area contributed by atoms with Crippen molar-refractivity contribution in [2.24, 2.45) is 0 Å². The molecule has 0 heterocycles. The van der Waals surface area contributed by atoms with Crippen LogP contribution in [0.2, 0.25) is 12.6 Å². The van der Waals surface area contributed by atoms with E-state index in [-0.39, 0.29) is 37.2 Å². The number of unbranched alkanes of at least 4 members (excludes halogenated alkanes) is 1. The average Bonchev–Trinajstić information content (AvgIpc) is 3.02. The van der Waals surface area contributed by atoms with Crippen molar-refractivity contribution in [3.63, 3.8) is 0 Å². The molecule has 0 nitrogen and oxygen atoms in total. The Bertz CT molecular complexity index is 883. The molecule has 1 aliphatic carbocycles. The molecular weight excluding hydrogens is 483 g/mol. The van der Waals surface area contributed by atoms with Crippen molar-refractivity contribution in [2.45, 2.75) is 59.5 Å². The second-order valence-electron chi connectivity index (χ2n) is 8.25. The van der Waals surface area contributed by atoms with Crippen LogP contribution in [0.5, 0.6) is 0 Å². The maximum atomic E-state index is 2.63. The molecule has 0 N–H and O–H groups in total.